The Morgan fingerprint density at radius 3 is 2.75 bits per heavy atom. The van der Waals surface area contributed by atoms with Crippen LogP contribution in [0.5, 0.6) is 5.75 Å². The van der Waals surface area contributed by atoms with Gasteiger partial charge in [-0.1, -0.05) is 19.1 Å². The fourth-order valence-corrected chi connectivity index (χ4v) is 2.32. The van der Waals surface area contributed by atoms with E-state index in [-0.39, 0.29) is 11.9 Å². The van der Waals surface area contributed by atoms with Crippen molar-refractivity contribution in [2.75, 3.05) is 14.2 Å². The predicted molar refractivity (Wildman–Crippen MR) is 77.5 cm³/mol. The van der Waals surface area contributed by atoms with Crippen LogP contribution in [0, 0.1) is 5.82 Å². The summed E-state index contributed by atoms with van der Waals surface area (Å²) in [6, 6.07) is 8.56. The molecule has 2 rings (SSSR count). The van der Waals surface area contributed by atoms with Crippen LogP contribution >= 0.6 is 0 Å². The first-order valence-electron chi connectivity index (χ1n) is 6.65. The van der Waals surface area contributed by atoms with Gasteiger partial charge in [-0.05, 0) is 31.2 Å². The molecule has 0 aliphatic heterocycles. The van der Waals surface area contributed by atoms with Crippen molar-refractivity contribution in [2.24, 2.45) is 0 Å². The zero-order valence-corrected chi connectivity index (χ0v) is 12.0. The van der Waals surface area contributed by atoms with E-state index < -0.39 is 0 Å². The summed E-state index contributed by atoms with van der Waals surface area (Å²) < 4.78 is 19.3. The molecule has 1 atom stereocenters. The molecular formula is C16H19FN2O. The van der Waals surface area contributed by atoms with Gasteiger partial charge in [-0.15, -0.1) is 0 Å². The molecule has 0 radical (unpaired) electrons. The van der Waals surface area contributed by atoms with Crippen molar-refractivity contribution in [2.45, 2.75) is 19.4 Å². The quantitative estimate of drug-likeness (QED) is 0.909. The average molecular weight is 274 g/mol. The predicted octanol–water partition coefficient (Wildman–Crippen LogP) is 3.10. The first kappa shape index (κ1) is 14.5. The van der Waals surface area contributed by atoms with Crippen LogP contribution in [0.25, 0.3) is 0 Å². The van der Waals surface area contributed by atoms with Gasteiger partial charge in [0.2, 0.25) is 0 Å². The van der Waals surface area contributed by atoms with Gasteiger partial charge in [-0.2, -0.15) is 0 Å². The molecule has 2 aromatic rings. The Labute approximate surface area is 118 Å². The Morgan fingerprint density at radius 1 is 1.35 bits per heavy atom. The van der Waals surface area contributed by atoms with Crippen molar-refractivity contribution in [3.05, 3.63) is 59.2 Å². The summed E-state index contributed by atoms with van der Waals surface area (Å²) in [7, 11) is 3.33. The van der Waals surface area contributed by atoms with Crippen molar-refractivity contribution in [1.82, 2.24) is 10.3 Å². The number of methoxy groups -OCH3 is 1. The molecule has 4 heteroatoms. The highest BCUT2D eigenvalue weighted by Crippen LogP contribution is 2.27. The van der Waals surface area contributed by atoms with Crippen LogP contribution in [0.3, 0.4) is 0 Å². The van der Waals surface area contributed by atoms with Gasteiger partial charge in [0.15, 0.2) is 0 Å². The highest BCUT2D eigenvalue weighted by atomic mass is 19.1. The molecule has 20 heavy (non-hydrogen) atoms. The van der Waals surface area contributed by atoms with Gasteiger partial charge >= 0.3 is 0 Å². The normalized spacial score (nSPS) is 12.2. The van der Waals surface area contributed by atoms with Crippen molar-refractivity contribution >= 4 is 0 Å². The minimum absolute atomic E-state index is 0.267. The molecule has 1 aromatic heterocycles. The maximum absolute atomic E-state index is 14.2. The van der Waals surface area contributed by atoms with Gasteiger partial charge in [0.05, 0.1) is 18.8 Å². The Morgan fingerprint density at radius 2 is 2.15 bits per heavy atom. The average Bonchev–Trinajstić information content (AvgIpc) is 2.50. The topological polar surface area (TPSA) is 34.2 Å². The first-order valence-corrected chi connectivity index (χ1v) is 6.65. The number of ether oxygens (including phenoxy) is 1. The van der Waals surface area contributed by atoms with Crippen LogP contribution in [-0.4, -0.2) is 19.1 Å². The van der Waals surface area contributed by atoms with Crippen molar-refractivity contribution in [3.63, 3.8) is 0 Å². The first-order chi connectivity index (χ1) is 9.71. The summed E-state index contributed by atoms with van der Waals surface area (Å²) in [5, 5.41) is 3.14. The largest absolute Gasteiger partial charge is 0.497 e. The summed E-state index contributed by atoms with van der Waals surface area (Å²) in [6.45, 7) is 2.07. The van der Waals surface area contributed by atoms with Gasteiger partial charge in [0, 0.05) is 17.8 Å². The molecule has 0 spiro atoms. The lowest BCUT2D eigenvalue weighted by Gasteiger charge is -2.19. The van der Waals surface area contributed by atoms with Crippen LogP contribution in [0.1, 0.15) is 29.8 Å². The van der Waals surface area contributed by atoms with Crippen molar-refractivity contribution in [1.29, 1.82) is 0 Å². The highest BCUT2D eigenvalue weighted by molar-refractivity contribution is 5.37. The van der Waals surface area contributed by atoms with E-state index in [9.17, 15) is 4.39 Å². The van der Waals surface area contributed by atoms with Crippen molar-refractivity contribution < 1.29 is 9.13 Å². The third-order valence-corrected chi connectivity index (χ3v) is 3.39. The lowest BCUT2D eigenvalue weighted by Crippen LogP contribution is -2.21. The summed E-state index contributed by atoms with van der Waals surface area (Å²) in [5.74, 6) is 0.217. The van der Waals surface area contributed by atoms with E-state index in [2.05, 4.69) is 17.2 Å². The van der Waals surface area contributed by atoms with Crippen LogP contribution in [0.4, 0.5) is 4.39 Å². The molecule has 0 fully saturated rings. The Kier molecular flexibility index (Phi) is 4.69. The maximum Gasteiger partial charge on any atom is 0.132 e. The summed E-state index contributed by atoms with van der Waals surface area (Å²) in [5.41, 5.74) is 2.55. The molecule has 0 aliphatic rings. The van der Waals surface area contributed by atoms with E-state index in [1.54, 1.807) is 18.3 Å². The van der Waals surface area contributed by atoms with Gasteiger partial charge in [0.1, 0.15) is 11.6 Å². The van der Waals surface area contributed by atoms with E-state index >= 15 is 0 Å². The van der Waals surface area contributed by atoms with E-state index in [4.69, 9.17) is 4.74 Å². The molecular weight excluding hydrogens is 255 g/mol. The summed E-state index contributed by atoms with van der Waals surface area (Å²) in [6.07, 6.45) is 2.60. The molecule has 106 valence electrons. The lowest BCUT2D eigenvalue weighted by atomic mass is 9.98. The van der Waals surface area contributed by atoms with E-state index in [1.807, 2.05) is 19.2 Å². The van der Waals surface area contributed by atoms with E-state index in [0.29, 0.717) is 11.3 Å². The number of aromatic nitrogens is 1. The SMILES string of the molecule is CCc1cccnc1C(NC)c1ccc(OC)cc1F. The van der Waals surface area contributed by atoms with Crippen LogP contribution in [0.2, 0.25) is 0 Å². The summed E-state index contributed by atoms with van der Waals surface area (Å²) >= 11 is 0. The molecule has 0 bridgehead atoms. The molecule has 0 saturated heterocycles. The zero-order chi connectivity index (χ0) is 14.5. The number of hydrogen-bond acceptors (Lipinski definition) is 3. The molecule has 1 N–H and O–H groups in total. The number of halogens is 1. The number of pyridine rings is 1. The third-order valence-electron chi connectivity index (χ3n) is 3.39. The molecule has 0 amide bonds. The van der Waals surface area contributed by atoms with E-state index in [0.717, 1.165) is 17.7 Å². The molecule has 1 aromatic carbocycles. The fraction of sp³-hybridized carbons (Fsp3) is 0.312. The third kappa shape index (κ3) is 2.80. The molecule has 0 aliphatic carbocycles. The fourth-order valence-electron chi connectivity index (χ4n) is 2.32. The number of rotatable bonds is 5. The van der Waals surface area contributed by atoms with Gasteiger partial charge in [-0.3, -0.25) is 4.98 Å². The van der Waals surface area contributed by atoms with E-state index in [1.165, 1.54) is 13.2 Å². The highest BCUT2D eigenvalue weighted by Gasteiger charge is 2.20. The summed E-state index contributed by atoms with van der Waals surface area (Å²) in [4.78, 5) is 4.42. The molecule has 3 nitrogen and oxygen atoms in total. The maximum atomic E-state index is 14.2. The standard InChI is InChI=1S/C16H19FN2O/c1-4-11-6-5-9-19-15(11)16(18-2)13-8-7-12(20-3)10-14(13)17/h5-10,16,18H,4H2,1-3H3. The Bertz CT molecular complexity index is 586. The smallest absolute Gasteiger partial charge is 0.132 e. The van der Waals surface area contributed by atoms with Crippen LogP contribution in [-0.2, 0) is 6.42 Å². The molecule has 0 saturated carbocycles. The van der Waals surface area contributed by atoms with Gasteiger partial charge < -0.3 is 10.1 Å². The lowest BCUT2D eigenvalue weighted by molar-refractivity contribution is 0.410. The number of benzene rings is 1. The van der Waals surface area contributed by atoms with Crippen LogP contribution in [0.15, 0.2) is 36.5 Å². The minimum Gasteiger partial charge on any atom is -0.497 e. The second kappa shape index (κ2) is 6.48. The Hall–Kier alpha value is -1.94. The monoisotopic (exact) mass is 274 g/mol. The van der Waals surface area contributed by atoms with Gasteiger partial charge in [0.25, 0.3) is 0 Å². The van der Waals surface area contributed by atoms with Crippen LogP contribution < -0.4 is 10.1 Å². The second-order valence-electron chi connectivity index (χ2n) is 4.51. The number of hydrogen-bond donors (Lipinski definition) is 1. The number of aryl methyl sites for hydroxylation is 1. The molecule has 1 heterocycles. The molecule has 1 unspecified atom stereocenters. The second-order valence-corrected chi connectivity index (χ2v) is 4.51. The minimum atomic E-state index is -0.295. The number of nitrogens with zero attached hydrogens (tertiary/aromatic N) is 1. The number of nitrogens with one attached hydrogen (secondary N) is 1. The van der Waals surface area contributed by atoms with Crippen molar-refractivity contribution in [3.8, 4) is 5.75 Å². The van der Waals surface area contributed by atoms with Gasteiger partial charge in [-0.25, -0.2) is 4.39 Å². The zero-order valence-electron chi connectivity index (χ0n) is 12.0. The Balaban J connectivity index is 2.47.